The first-order valence-electron chi connectivity index (χ1n) is 10.2. The van der Waals surface area contributed by atoms with Crippen LogP contribution in [0.4, 0.5) is 10.1 Å². The van der Waals surface area contributed by atoms with Crippen molar-refractivity contribution in [2.24, 2.45) is 13.0 Å². The van der Waals surface area contributed by atoms with E-state index in [-0.39, 0.29) is 5.82 Å². The van der Waals surface area contributed by atoms with Gasteiger partial charge in [0, 0.05) is 42.7 Å². The van der Waals surface area contributed by atoms with Crippen LogP contribution >= 0.6 is 11.6 Å². The first kappa shape index (κ1) is 20.5. The Hall–Kier alpha value is -2.73. The fraction of sp³-hybridized carbons (Fsp3) is 0.348. The molecule has 0 N–H and O–H groups in total. The summed E-state index contributed by atoms with van der Waals surface area (Å²) in [6.45, 7) is 8.37. The predicted octanol–water partition coefficient (Wildman–Crippen LogP) is 5.85. The van der Waals surface area contributed by atoms with E-state index in [1.807, 2.05) is 18.2 Å². The Kier molecular flexibility index (Phi) is 5.60. The molecule has 0 aliphatic carbocycles. The number of fused-ring (bicyclic) bond motifs is 2. The standard InChI is InChI=1S/C23H25ClFN5/c1-5-8-30(12-14(2)3)20-11-26-23-17(21(20)24)6-7-19(27-23)15-9-16-13-29(4)28-22(16)18(25)10-15/h6-7,9-11,13-14H,5,8,12H2,1-4H3. The molecular formula is C23H25ClFN5. The maximum absolute atomic E-state index is 14.5. The second-order valence-electron chi connectivity index (χ2n) is 8.06. The second kappa shape index (κ2) is 8.19. The molecule has 5 nitrogen and oxygen atoms in total. The second-order valence-corrected chi connectivity index (χ2v) is 8.44. The van der Waals surface area contributed by atoms with Gasteiger partial charge < -0.3 is 4.90 Å². The number of hydrogen-bond acceptors (Lipinski definition) is 4. The summed E-state index contributed by atoms with van der Waals surface area (Å²) in [5.41, 5.74) is 3.17. The molecule has 0 aliphatic heterocycles. The van der Waals surface area contributed by atoms with Crippen molar-refractivity contribution < 1.29 is 4.39 Å². The molecule has 0 spiro atoms. The van der Waals surface area contributed by atoms with Crippen LogP contribution in [0.15, 0.2) is 36.7 Å². The maximum atomic E-state index is 14.5. The molecule has 0 atom stereocenters. The van der Waals surface area contributed by atoms with E-state index < -0.39 is 0 Å². The molecule has 0 saturated heterocycles. The molecular weight excluding hydrogens is 401 g/mol. The van der Waals surface area contributed by atoms with Gasteiger partial charge in [0.1, 0.15) is 5.52 Å². The number of anilines is 1. The molecule has 3 heterocycles. The van der Waals surface area contributed by atoms with E-state index in [0.29, 0.717) is 33.4 Å². The number of pyridine rings is 2. The maximum Gasteiger partial charge on any atom is 0.161 e. The molecule has 0 bridgehead atoms. The van der Waals surface area contributed by atoms with Gasteiger partial charge in [-0.3, -0.25) is 4.68 Å². The van der Waals surface area contributed by atoms with E-state index in [2.05, 4.69) is 40.7 Å². The summed E-state index contributed by atoms with van der Waals surface area (Å²) >= 11 is 6.77. The number of halogens is 2. The van der Waals surface area contributed by atoms with Crippen LogP contribution < -0.4 is 4.90 Å². The molecule has 3 aromatic heterocycles. The zero-order chi connectivity index (χ0) is 21.4. The molecule has 0 saturated carbocycles. The van der Waals surface area contributed by atoms with E-state index in [4.69, 9.17) is 11.6 Å². The Bertz CT molecular complexity index is 1220. The van der Waals surface area contributed by atoms with E-state index in [0.717, 1.165) is 36.0 Å². The highest BCUT2D eigenvalue weighted by molar-refractivity contribution is 6.37. The van der Waals surface area contributed by atoms with Gasteiger partial charge in [-0.15, -0.1) is 0 Å². The summed E-state index contributed by atoms with van der Waals surface area (Å²) < 4.78 is 16.1. The first-order valence-corrected chi connectivity index (χ1v) is 10.6. The zero-order valence-electron chi connectivity index (χ0n) is 17.7. The van der Waals surface area contributed by atoms with Crippen molar-refractivity contribution in [3.63, 3.8) is 0 Å². The molecule has 0 fully saturated rings. The van der Waals surface area contributed by atoms with Crippen LogP contribution in [0.5, 0.6) is 0 Å². The molecule has 0 unspecified atom stereocenters. The fourth-order valence-corrected chi connectivity index (χ4v) is 4.11. The molecule has 4 aromatic rings. The molecule has 7 heteroatoms. The van der Waals surface area contributed by atoms with Gasteiger partial charge in [-0.2, -0.15) is 5.10 Å². The molecule has 0 amide bonds. The molecule has 0 radical (unpaired) electrons. The van der Waals surface area contributed by atoms with Crippen LogP contribution in [0.1, 0.15) is 27.2 Å². The highest BCUT2D eigenvalue weighted by atomic mass is 35.5. The predicted molar refractivity (Wildman–Crippen MR) is 122 cm³/mol. The lowest BCUT2D eigenvalue weighted by Crippen LogP contribution is -2.28. The molecule has 30 heavy (non-hydrogen) atoms. The van der Waals surface area contributed by atoms with Crippen LogP contribution in [0.2, 0.25) is 5.02 Å². The number of aryl methyl sites for hydroxylation is 1. The van der Waals surface area contributed by atoms with Gasteiger partial charge >= 0.3 is 0 Å². The SMILES string of the molecule is CCCN(CC(C)C)c1cnc2nc(-c3cc(F)c4nn(C)cc4c3)ccc2c1Cl. The average Bonchev–Trinajstić information content (AvgIpc) is 3.08. The third-order valence-electron chi connectivity index (χ3n) is 5.04. The van der Waals surface area contributed by atoms with E-state index in [9.17, 15) is 4.39 Å². The van der Waals surface area contributed by atoms with Gasteiger partial charge in [0.25, 0.3) is 0 Å². The normalized spacial score (nSPS) is 11.7. The van der Waals surface area contributed by atoms with Crippen LogP contribution in [0, 0.1) is 11.7 Å². The lowest BCUT2D eigenvalue weighted by atomic mass is 10.1. The van der Waals surface area contributed by atoms with Crippen molar-refractivity contribution in [2.45, 2.75) is 27.2 Å². The quantitative estimate of drug-likeness (QED) is 0.389. The summed E-state index contributed by atoms with van der Waals surface area (Å²) in [7, 11) is 1.78. The van der Waals surface area contributed by atoms with Crippen LogP contribution in [0.3, 0.4) is 0 Å². The monoisotopic (exact) mass is 425 g/mol. The molecule has 1 aromatic carbocycles. The Labute approximate surface area is 180 Å². The van der Waals surface area contributed by atoms with Crippen molar-refractivity contribution in [1.82, 2.24) is 19.7 Å². The topological polar surface area (TPSA) is 46.8 Å². The van der Waals surface area contributed by atoms with Gasteiger partial charge in [-0.25, -0.2) is 14.4 Å². The van der Waals surface area contributed by atoms with Crippen molar-refractivity contribution in [2.75, 3.05) is 18.0 Å². The van der Waals surface area contributed by atoms with Gasteiger partial charge in [-0.05, 0) is 36.6 Å². The van der Waals surface area contributed by atoms with E-state index in [1.165, 1.54) is 6.07 Å². The number of rotatable bonds is 6. The summed E-state index contributed by atoms with van der Waals surface area (Å²) in [5, 5.41) is 6.34. The summed E-state index contributed by atoms with van der Waals surface area (Å²) in [5.74, 6) is 0.149. The summed E-state index contributed by atoms with van der Waals surface area (Å²) in [6, 6.07) is 7.14. The van der Waals surface area contributed by atoms with Crippen molar-refractivity contribution in [1.29, 1.82) is 0 Å². The Morgan fingerprint density at radius 1 is 1.23 bits per heavy atom. The minimum absolute atomic E-state index is 0.356. The summed E-state index contributed by atoms with van der Waals surface area (Å²) in [6.07, 6.45) is 4.62. The number of aromatic nitrogens is 4. The van der Waals surface area contributed by atoms with Crippen molar-refractivity contribution in [3.05, 3.63) is 47.5 Å². The van der Waals surface area contributed by atoms with Gasteiger partial charge in [0.05, 0.1) is 22.6 Å². The van der Waals surface area contributed by atoms with Crippen LogP contribution in [-0.2, 0) is 7.05 Å². The number of nitrogens with zero attached hydrogens (tertiary/aromatic N) is 5. The summed E-state index contributed by atoms with van der Waals surface area (Å²) in [4.78, 5) is 11.5. The fourth-order valence-electron chi connectivity index (χ4n) is 3.80. The van der Waals surface area contributed by atoms with Gasteiger partial charge in [-0.1, -0.05) is 32.4 Å². The highest BCUT2D eigenvalue weighted by Crippen LogP contribution is 2.34. The number of benzene rings is 1. The smallest absolute Gasteiger partial charge is 0.161 e. The van der Waals surface area contributed by atoms with Crippen LogP contribution in [-0.4, -0.2) is 32.8 Å². The Morgan fingerprint density at radius 2 is 2.03 bits per heavy atom. The van der Waals surface area contributed by atoms with E-state index >= 15 is 0 Å². The minimum Gasteiger partial charge on any atom is -0.369 e. The molecule has 0 aliphatic rings. The number of hydrogen-bond donors (Lipinski definition) is 0. The van der Waals surface area contributed by atoms with Gasteiger partial charge in [0.2, 0.25) is 0 Å². The third-order valence-corrected chi connectivity index (χ3v) is 5.43. The lowest BCUT2D eigenvalue weighted by molar-refractivity contribution is 0.606. The third kappa shape index (κ3) is 3.84. The first-order chi connectivity index (χ1) is 14.4. The largest absolute Gasteiger partial charge is 0.369 e. The molecule has 4 rings (SSSR count). The van der Waals surface area contributed by atoms with Crippen molar-refractivity contribution >= 4 is 39.2 Å². The zero-order valence-corrected chi connectivity index (χ0v) is 18.4. The average molecular weight is 426 g/mol. The van der Waals surface area contributed by atoms with Crippen LogP contribution in [0.25, 0.3) is 33.2 Å². The highest BCUT2D eigenvalue weighted by Gasteiger charge is 2.16. The van der Waals surface area contributed by atoms with Gasteiger partial charge in [0.15, 0.2) is 11.5 Å². The van der Waals surface area contributed by atoms with E-state index in [1.54, 1.807) is 24.1 Å². The Morgan fingerprint density at radius 3 is 2.77 bits per heavy atom. The Balaban J connectivity index is 1.77. The lowest BCUT2D eigenvalue weighted by Gasteiger charge is -2.27. The van der Waals surface area contributed by atoms with Crippen molar-refractivity contribution in [3.8, 4) is 11.3 Å². The minimum atomic E-state index is -0.366. The molecule has 156 valence electrons.